The van der Waals surface area contributed by atoms with Gasteiger partial charge in [-0.25, -0.2) is 14.2 Å². The third kappa shape index (κ3) is 6.37. The zero-order valence-corrected chi connectivity index (χ0v) is 28.2. The summed E-state index contributed by atoms with van der Waals surface area (Å²) in [7, 11) is 0. The largest absolute Gasteiger partial charge is 0.487 e. The van der Waals surface area contributed by atoms with Crippen LogP contribution in [0, 0.1) is 9.39 Å². The molecule has 4 aromatic rings. The van der Waals surface area contributed by atoms with Crippen molar-refractivity contribution >= 4 is 85.1 Å². The number of nitrogens with zero attached hydrogens (tertiary/aromatic N) is 2. The van der Waals surface area contributed by atoms with Crippen molar-refractivity contribution in [1.82, 2.24) is 4.57 Å². The highest BCUT2D eigenvalue weighted by Gasteiger charge is 2.33. The number of carbonyl (C=O) groups is 1. The van der Waals surface area contributed by atoms with E-state index in [1.165, 1.54) is 28.0 Å². The topological polar surface area (TPSA) is 69.9 Å². The number of carbonyl (C=O) groups excluding carboxylic acids is 1. The van der Waals surface area contributed by atoms with E-state index in [0.29, 0.717) is 42.0 Å². The normalized spacial score (nSPS) is 14.9. The standard InChI is InChI=1S/C30H21BrCl2FIN2O4S/c1-3-40-29(39)25-15(2)36-30-37(26(25)16-5-8-21(34)9-6-16)28(38)24(42-30)11-18-10-19(31)12-23(35)27(18)41-14-17-4-7-20(32)13-22(17)33/h4-13,26H,3,14H2,1-2H3/b24-11-/t26-/m0/s1. The van der Waals surface area contributed by atoms with E-state index >= 15 is 0 Å². The van der Waals surface area contributed by atoms with Crippen LogP contribution in [0.15, 0.2) is 80.1 Å². The van der Waals surface area contributed by atoms with Gasteiger partial charge in [0.05, 0.1) is 32.0 Å². The quantitative estimate of drug-likeness (QED) is 0.147. The van der Waals surface area contributed by atoms with Gasteiger partial charge < -0.3 is 9.47 Å². The molecule has 42 heavy (non-hydrogen) atoms. The first-order valence-corrected chi connectivity index (χ1v) is 16.0. The SMILES string of the molecule is CCOC(=O)C1=C(C)N=c2s/c(=C\c3cc(Br)cc(I)c3OCc3ccc(Cl)cc3Cl)c(=O)n2[C@H]1c1ccc(F)cc1. The number of esters is 1. The van der Waals surface area contributed by atoms with Crippen LogP contribution in [0.2, 0.25) is 10.0 Å². The number of hydrogen-bond donors (Lipinski definition) is 0. The molecule has 6 nitrogen and oxygen atoms in total. The average molecular weight is 802 g/mol. The number of halogens is 5. The minimum absolute atomic E-state index is 0.154. The van der Waals surface area contributed by atoms with E-state index in [0.717, 1.165) is 13.6 Å². The predicted molar refractivity (Wildman–Crippen MR) is 174 cm³/mol. The number of aromatic nitrogens is 1. The molecule has 0 aliphatic carbocycles. The van der Waals surface area contributed by atoms with Gasteiger partial charge in [-0.05, 0) is 84.5 Å². The molecule has 0 unspecified atom stereocenters. The van der Waals surface area contributed by atoms with Crippen molar-refractivity contribution in [3.8, 4) is 5.75 Å². The van der Waals surface area contributed by atoms with Gasteiger partial charge in [0.25, 0.3) is 5.56 Å². The summed E-state index contributed by atoms with van der Waals surface area (Å²) in [6.07, 6.45) is 1.74. The van der Waals surface area contributed by atoms with Gasteiger partial charge in [-0.3, -0.25) is 9.36 Å². The lowest BCUT2D eigenvalue weighted by molar-refractivity contribution is -0.139. The van der Waals surface area contributed by atoms with E-state index in [-0.39, 0.29) is 24.3 Å². The Bertz CT molecular complexity index is 1930. The summed E-state index contributed by atoms with van der Waals surface area (Å²) >= 11 is 19.3. The lowest BCUT2D eigenvalue weighted by Gasteiger charge is -2.24. The van der Waals surface area contributed by atoms with Crippen molar-refractivity contribution in [2.45, 2.75) is 26.5 Å². The van der Waals surface area contributed by atoms with Crippen LogP contribution in [0.1, 0.15) is 36.6 Å². The molecule has 0 amide bonds. The zero-order valence-electron chi connectivity index (χ0n) is 22.1. The molecule has 3 aromatic carbocycles. The van der Waals surface area contributed by atoms with Crippen LogP contribution in [-0.4, -0.2) is 17.1 Å². The number of thiazole rings is 1. The van der Waals surface area contributed by atoms with Gasteiger partial charge in [-0.1, -0.05) is 68.7 Å². The average Bonchev–Trinajstić information content (AvgIpc) is 3.23. The molecular formula is C30H21BrCl2FIN2O4S. The maximum Gasteiger partial charge on any atom is 0.338 e. The summed E-state index contributed by atoms with van der Waals surface area (Å²) in [5.41, 5.74) is 2.27. The molecule has 0 saturated heterocycles. The molecule has 216 valence electrons. The number of hydrogen-bond acceptors (Lipinski definition) is 6. The van der Waals surface area contributed by atoms with Crippen LogP contribution in [0.3, 0.4) is 0 Å². The Morgan fingerprint density at radius 3 is 2.62 bits per heavy atom. The fourth-order valence-corrected chi connectivity index (χ4v) is 7.73. The fourth-order valence-electron chi connectivity index (χ4n) is 4.52. The van der Waals surface area contributed by atoms with E-state index in [4.69, 9.17) is 32.7 Å². The smallest absolute Gasteiger partial charge is 0.338 e. The van der Waals surface area contributed by atoms with E-state index in [9.17, 15) is 14.0 Å². The van der Waals surface area contributed by atoms with Crippen LogP contribution in [0.4, 0.5) is 4.39 Å². The summed E-state index contributed by atoms with van der Waals surface area (Å²) in [6.45, 7) is 3.74. The van der Waals surface area contributed by atoms with Crippen molar-refractivity contribution in [3.05, 3.63) is 126 Å². The Morgan fingerprint density at radius 2 is 1.93 bits per heavy atom. The van der Waals surface area contributed by atoms with E-state index in [2.05, 4.69) is 43.5 Å². The van der Waals surface area contributed by atoms with Gasteiger partial charge >= 0.3 is 5.97 Å². The van der Waals surface area contributed by atoms with E-state index < -0.39 is 17.8 Å². The first kappa shape index (κ1) is 30.9. The van der Waals surface area contributed by atoms with Crippen LogP contribution in [0.25, 0.3) is 6.08 Å². The Kier molecular flexibility index (Phi) is 9.58. The van der Waals surface area contributed by atoms with E-state index in [1.807, 2.05) is 12.1 Å². The predicted octanol–water partition coefficient (Wildman–Crippen LogP) is 7.19. The van der Waals surface area contributed by atoms with Crippen LogP contribution < -0.4 is 19.6 Å². The maximum atomic E-state index is 14.0. The van der Waals surface area contributed by atoms with Gasteiger partial charge in [0, 0.05) is 25.6 Å². The number of fused-ring (bicyclic) bond motifs is 1. The lowest BCUT2D eigenvalue weighted by Crippen LogP contribution is -2.39. The lowest BCUT2D eigenvalue weighted by atomic mass is 9.96. The highest BCUT2D eigenvalue weighted by Crippen LogP contribution is 2.33. The molecule has 2 heterocycles. The number of benzene rings is 3. The second-order valence-electron chi connectivity index (χ2n) is 9.18. The molecule has 0 bridgehead atoms. The molecule has 0 radical (unpaired) electrons. The summed E-state index contributed by atoms with van der Waals surface area (Å²) in [6, 6.07) is 13.8. The third-order valence-electron chi connectivity index (χ3n) is 6.41. The Hall–Kier alpha value is -2.51. The van der Waals surface area contributed by atoms with Crippen molar-refractivity contribution in [1.29, 1.82) is 0 Å². The summed E-state index contributed by atoms with van der Waals surface area (Å²) in [4.78, 5) is 32.0. The maximum absolute atomic E-state index is 14.0. The molecule has 1 aromatic heterocycles. The molecule has 0 N–H and O–H groups in total. The Balaban J connectivity index is 1.64. The van der Waals surface area contributed by atoms with Gasteiger partial charge in [-0.15, -0.1) is 0 Å². The van der Waals surface area contributed by atoms with Gasteiger partial charge in [0.2, 0.25) is 0 Å². The highest BCUT2D eigenvalue weighted by atomic mass is 127. The molecule has 1 aliphatic rings. The monoisotopic (exact) mass is 800 g/mol. The molecule has 0 fully saturated rings. The van der Waals surface area contributed by atoms with Gasteiger partial charge in [0.15, 0.2) is 4.80 Å². The molecule has 1 aliphatic heterocycles. The second kappa shape index (κ2) is 13.0. The van der Waals surface area contributed by atoms with Crippen molar-refractivity contribution in [3.63, 3.8) is 0 Å². The molecule has 0 spiro atoms. The summed E-state index contributed by atoms with van der Waals surface area (Å²) < 4.78 is 28.8. The first-order chi connectivity index (χ1) is 20.1. The van der Waals surface area contributed by atoms with Gasteiger partial charge in [-0.2, -0.15) is 0 Å². The highest BCUT2D eigenvalue weighted by molar-refractivity contribution is 14.1. The summed E-state index contributed by atoms with van der Waals surface area (Å²) in [5.74, 6) is -0.448. The van der Waals surface area contributed by atoms with Gasteiger partial charge in [0.1, 0.15) is 18.2 Å². The van der Waals surface area contributed by atoms with Crippen LogP contribution in [0.5, 0.6) is 5.75 Å². The van der Waals surface area contributed by atoms with Crippen molar-refractivity contribution in [2.75, 3.05) is 6.61 Å². The third-order valence-corrected chi connectivity index (χ3v) is 9.24. The number of allylic oxidation sites excluding steroid dienone is 1. The minimum atomic E-state index is -0.839. The first-order valence-electron chi connectivity index (χ1n) is 12.6. The van der Waals surface area contributed by atoms with E-state index in [1.54, 1.807) is 50.3 Å². The molecule has 0 saturated carbocycles. The van der Waals surface area contributed by atoms with Crippen molar-refractivity contribution < 1.29 is 18.7 Å². The molecule has 5 rings (SSSR count). The van der Waals surface area contributed by atoms with Crippen LogP contribution >= 0.6 is 73.1 Å². The fraction of sp³-hybridized carbons (Fsp3) is 0.167. The Labute approximate surface area is 276 Å². The Morgan fingerprint density at radius 1 is 1.19 bits per heavy atom. The summed E-state index contributed by atoms with van der Waals surface area (Å²) in [5, 5.41) is 1.01. The van der Waals surface area contributed by atoms with Crippen molar-refractivity contribution in [2.24, 2.45) is 4.99 Å². The van der Waals surface area contributed by atoms with Crippen LogP contribution in [-0.2, 0) is 16.1 Å². The molecule has 12 heteroatoms. The second-order valence-corrected chi connectivity index (χ2v) is 13.1. The minimum Gasteiger partial charge on any atom is -0.487 e. The number of rotatable bonds is 7. The molecule has 1 atom stereocenters. The zero-order chi connectivity index (χ0) is 30.1. The number of ether oxygens (including phenoxy) is 2. The molecular weight excluding hydrogens is 781 g/mol.